The number of hydrogen-bond donors (Lipinski definition) is 0. The van der Waals surface area contributed by atoms with Gasteiger partial charge in [0.25, 0.3) is 0 Å². The van der Waals surface area contributed by atoms with Crippen molar-refractivity contribution in [1.29, 1.82) is 0 Å². The summed E-state index contributed by atoms with van der Waals surface area (Å²) in [5.41, 5.74) is 4.99. The van der Waals surface area contributed by atoms with Gasteiger partial charge in [0.05, 0.1) is 11.4 Å². The Hall–Kier alpha value is -5.06. The van der Waals surface area contributed by atoms with Crippen LogP contribution < -0.4 is 29.9 Å². The molecule has 210 valence electrons. The van der Waals surface area contributed by atoms with Crippen molar-refractivity contribution in [3.8, 4) is 23.0 Å². The van der Waals surface area contributed by atoms with Gasteiger partial charge in [0.1, 0.15) is 23.0 Å². The molecule has 0 radical (unpaired) electrons. The van der Waals surface area contributed by atoms with E-state index in [0.717, 1.165) is 39.5 Å². The van der Waals surface area contributed by atoms with E-state index in [2.05, 4.69) is 141 Å². The molecule has 0 bridgehead atoms. The third kappa shape index (κ3) is 3.11. The molecule has 3 aliphatic rings. The lowest BCUT2D eigenvalue weighted by molar-refractivity contribution is 0.473. The van der Waals surface area contributed by atoms with Gasteiger partial charge in [-0.1, -0.05) is 106 Å². The standard InChI is InChI=1S/C40H29NO2Si/c1-40(2,3)26-16-18-27(19-17-26)41-31-20-23-10-4-7-13-28(23)34-37(31)44-38-32(41)21-24-11-5-8-14-29(24)35(38)43-36-30-15-9-6-12-25(30)22-33(42-34)39(36)44/h4-22,44H,1-3H3. The molecule has 44 heavy (non-hydrogen) atoms. The molecule has 0 saturated heterocycles. The number of benzene rings is 7. The van der Waals surface area contributed by atoms with Crippen LogP contribution in [-0.4, -0.2) is 8.80 Å². The average Bonchev–Trinajstić information content (AvgIpc) is 3.04. The maximum Gasteiger partial charge on any atom is 0.157 e. The van der Waals surface area contributed by atoms with Crippen molar-refractivity contribution in [2.24, 2.45) is 0 Å². The molecule has 7 aromatic rings. The normalized spacial score (nSPS) is 15.7. The zero-order chi connectivity index (χ0) is 29.3. The summed E-state index contributed by atoms with van der Waals surface area (Å²) in [5, 5.41) is 10.9. The molecule has 0 aliphatic carbocycles. The molecule has 7 aromatic carbocycles. The molecule has 3 aliphatic heterocycles. The van der Waals surface area contributed by atoms with Gasteiger partial charge in [0, 0.05) is 37.4 Å². The smallest absolute Gasteiger partial charge is 0.157 e. The second kappa shape index (κ2) is 8.31. The van der Waals surface area contributed by atoms with Crippen LogP contribution in [-0.2, 0) is 5.41 Å². The Morgan fingerprint density at radius 1 is 0.523 bits per heavy atom. The summed E-state index contributed by atoms with van der Waals surface area (Å²) in [7, 11) is -2.04. The zero-order valence-corrected chi connectivity index (χ0v) is 26.0. The molecule has 0 saturated carbocycles. The monoisotopic (exact) mass is 583 g/mol. The second-order valence-electron chi connectivity index (χ2n) is 13.3. The van der Waals surface area contributed by atoms with Crippen molar-refractivity contribution in [2.45, 2.75) is 26.2 Å². The van der Waals surface area contributed by atoms with Crippen LogP contribution in [0.4, 0.5) is 17.1 Å². The molecule has 0 amide bonds. The summed E-state index contributed by atoms with van der Waals surface area (Å²) in [6, 6.07) is 42.1. The van der Waals surface area contributed by atoms with Gasteiger partial charge in [-0.25, -0.2) is 0 Å². The maximum atomic E-state index is 7.14. The van der Waals surface area contributed by atoms with Crippen molar-refractivity contribution in [1.82, 2.24) is 0 Å². The van der Waals surface area contributed by atoms with Crippen LogP contribution in [0.5, 0.6) is 23.0 Å². The molecular weight excluding hydrogens is 555 g/mol. The van der Waals surface area contributed by atoms with Crippen molar-refractivity contribution in [3.05, 3.63) is 121 Å². The zero-order valence-electron chi connectivity index (χ0n) is 24.8. The van der Waals surface area contributed by atoms with Crippen molar-refractivity contribution in [2.75, 3.05) is 4.90 Å². The fourth-order valence-corrected chi connectivity index (χ4v) is 11.5. The van der Waals surface area contributed by atoms with Crippen molar-refractivity contribution >= 4 is 73.7 Å². The summed E-state index contributed by atoms with van der Waals surface area (Å²) < 4.78 is 14.2. The number of fused-ring (bicyclic) bond motifs is 6. The highest BCUT2D eigenvalue weighted by Gasteiger charge is 2.47. The predicted octanol–water partition coefficient (Wildman–Crippen LogP) is 8.69. The third-order valence-corrected chi connectivity index (χ3v) is 13.2. The summed E-state index contributed by atoms with van der Waals surface area (Å²) in [6.45, 7) is 6.81. The third-order valence-electron chi connectivity index (χ3n) is 9.79. The van der Waals surface area contributed by atoms with E-state index in [-0.39, 0.29) is 5.41 Å². The van der Waals surface area contributed by atoms with Crippen LogP contribution in [0.1, 0.15) is 26.3 Å². The first-order valence-corrected chi connectivity index (χ1v) is 17.1. The Balaban J connectivity index is 1.37. The Morgan fingerprint density at radius 2 is 1.00 bits per heavy atom. The molecule has 0 aromatic heterocycles. The van der Waals surface area contributed by atoms with E-state index in [0.29, 0.717) is 0 Å². The molecule has 3 nitrogen and oxygen atoms in total. The van der Waals surface area contributed by atoms with Crippen LogP contribution >= 0.6 is 0 Å². The Kier molecular flexibility index (Phi) is 4.60. The average molecular weight is 584 g/mol. The first-order valence-electron chi connectivity index (χ1n) is 15.4. The number of ether oxygens (including phenoxy) is 2. The molecule has 0 spiro atoms. The largest absolute Gasteiger partial charge is 0.457 e. The van der Waals surface area contributed by atoms with Crippen LogP contribution in [0.15, 0.2) is 115 Å². The SMILES string of the molecule is CC(C)(C)c1ccc(N2c3cc4ccccc4c4c3[SiH]3c5c(cc6ccccc6c5Oc5c3c2cc2ccccc52)O4)cc1. The molecule has 0 fully saturated rings. The minimum absolute atomic E-state index is 0.0766. The van der Waals surface area contributed by atoms with Gasteiger partial charge in [-0.15, -0.1) is 0 Å². The van der Waals surface area contributed by atoms with Gasteiger partial charge in [-0.05, 0) is 57.5 Å². The van der Waals surface area contributed by atoms with Gasteiger partial charge in [-0.3, -0.25) is 0 Å². The quantitative estimate of drug-likeness (QED) is 0.181. The minimum atomic E-state index is -2.04. The van der Waals surface area contributed by atoms with Crippen molar-refractivity contribution < 1.29 is 9.47 Å². The molecule has 1 unspecified atom stereocenters. The van der Waals surface area contributed by atoms with E-state index in [1.165, 1.54) is 54.0 Å². The molecule has 1 atom stereocenters. The fourth-order valence-electron chi connectivity index (χ4n) is 7.72. The minimum Gasteiger partial charge on any atom is -0.457 e. The molecular formula is C40H29NO2Si. The molecule has 0 N–H and O–H groups in total. The van der Waals surface area contributed by atoms with Crippen molar-refractivity contribution in [3.63, 3.8) is 0 Å². The molecule has 4 heteroatoms. The van der Waals surface area contributed by atoms with Crippen LogP contribution in [0.3, 0.4) is 0 Å². The highest BCUT2D eigenvalue weighted by atomic mass is 28.3. The van der Waals surface area contributed by atoms with Gasteiger partial charge in [0.2, 0.25) is 0 Å². The highest BCUT2D eigenvalue weighted by Crippen LogP contribution is 2.50. The van der Waals surface area contributed by atoms with E-state index in [1.54, 1.807) is 0 Å². The van der Waals surface area contributed by atoms with E-state index in [9.17, 15) is 0 Å². The van der Waals surface area contributed by atoms with Crippen LogP contribution in [0, 0.1) is 0 Å². The number of nitrogens with zero attached hydrogens (tertiary/aromatic N) is 1. The number of anilines is 3. The van der Waals surface area contributed by atoms with E-state index < -0.39 is 8.80 Å². The van der Waals surface area contributed by atoms with Crippen LogP contribution in [0.2, 0.25) is 0 Å². The topological polar surface area (TPSA) is 21.7 Å². The lowest BCUT2D eigenvalue weighted by Gasteiger charge is -2.44. The summed E-state index contributed by atoms with van der Waals surface area (Å²) >= 11 is 0. The molecule has 3 heterocycles. The van der Waals surface area contributed by atoms with Gasteiger partial charge in [0.15, 0.2) is 8.80 Å². The van der Waals surface area contributed by atoms with Gasteiger partial charge in [-0.2, -0.15) is 0 Å². The lowest BCUT2D eigenvalue weighted by Crippen LogP contribution is -2.61. The lowest BCUT2D eigenvalue weighted by atomic mass is 9.87. The van der Waals surface area contributed by atoms with Gasteiger partial charge >= 0.3 is 0 Å². The summed E-state index contributed by atoms with van der Waals surface area (Å²) in [5.74, 6) is 3.93. The Labute approximate surface area is 257 Å². The first-order chi connectivity index (χ1) is 21.5. The predicted molar refractivity (Wildman–Crippen MR) is 185 cm³/mol. The maximum absolute atomic E-state index is 7.14. The number of hydrogen-bond acceptors (Lipinski definition) is 3. The second-order valence-corrected chi connectivity index (χ2v) is 15.9. The summed E-state index contributed by atoms with van der Waals surface area (Å²) in [6.07, 6.45) is 0. The van der Waals surface area contributed by atoms with Gasteiger partial charge < -0.3 is 14.4 Å². The Bertz CT molecular complexity index is 2370. The summed E-state index contributed by atoms with van der Waals surface area (Å²) in [4.78, 5) is 2.47. The van der Waals surface area contributed by atoms with E-state index in [1.807, 2.05) is 0 Å². The molecule has 10 rings (SSSR count). The fraction of sp³-hybridized carbons (Fsp3) is 0.100. The Morgan fingerprint density at radius 3 is 1.55 bits per heavy atom. The van der Waals surface area contributed by atoms with Crippen LogP contribution in [0.25, 0.3) is 32.3 Å². The van der Waals surface area contributed by atoms with E-state index in [4.69, 9.17) is 9.47 Å². The highest BCUT2D eigenvalue weighted by molar-refractivity contribution is 7.01. The van der Waals surface area contributed by atoms with E-state index >= 15 is 0 Å². The first kappa shape index (κ1) is 24.4. The number of rotatable bonds is 1.